The van der Waals surface area contributed by atoms with E-state index >= 15 is 0 Å². The van der Waals surface area contributed by atoms with Crippen LogP contribution in [0.5, 0.6) is 0 Å². The molecule has 0 fully saturated rings. The first-order valence-electron chi connectivity index (χ1n) is 8.20. The third-order valence-corrected chi connectivity index (χ3v) is 4.51. The first-order chi connectivity index (χ1) is 13.0. The summed E-state index contributed by atoms with van der Waals surface area (Å²) in [6, 6.07) is 7.67. The van der Waals surface area contributed by atoms with Crippen LogP contribution in [0.4, 0.5) is 10.2 Å². The fourth-order valence-corrected chi connectivity index (χ4v) is 3.09. The van der Waals surface area contributed by atoms with Gasteiger partial charge >= 0.3 is 0 Å². The lowest BCUT2D eigenvalue weighted by molar-refractivity contribution is -0.124. The molecule has 0 saturated carbocycles. The molecule has 1 aromatic carbocycles. The molecule has 0 aliphatic rings. The van der Waals surface area contributed by atoms with Crippen molar-refractivity contribution in [2.24, 2.45) is 0 Å². The number of carbonyl (C=O) groups excluding carboxylic acids is 2. The van der Waals surface area contributed by atoms with E-state index in [1.165, 1.54) is 23.5 Å². The van der Waals surface area contributed by atoms with Crippen LogP contribution in [0, 0.1) is 12.7 Å². The molecule has 7 nitrogen and oxygen atoms in total. The van der Waals surface area contributed by atoms with Crippen LogP contribution >= 0.6 is 11.3 Å². The Hall–Kier alpha value is -3.07. The molecule has 2 heterocycles. The van der Waals surface area contributed by atoms with Gasteiger partial charge in [-0.1, -0.05) is 5.16 Å². The Bertz CT molecular complexity index is 936. The Kier molecular flexibility index (Phi) is 5.92. The van der Waals surface area contributed by atoms with Crippen molar-refractivity contribution in [2.45, 2.75) is 19.8 Å². The van der Waals surface area contributed by atoms with Crippen LogP contribution in [-0.4, -0.2) is 28.5 Å². The maximum atomic E-state index is 13.0. The van der Waals surface area contributed by atoms with Crippen LogP contribution in [0.3, 0.4) is 0 Å². The monoisotopic (exact) mass is 388 g/mol. The molecule has 0 aliphatic heterocycles. The number of aromatic nitrogens is 2. The summed E-state index contributed by atoms with van der Waals surface area (Å²) >= 11 is 1.44. The third kappa shape index (κ3) is 5.45. The normalized spacial score (nSPS) is 10.6. The number of amides is 2. The van der Waals surface area contributed by atoms with Gasteiger partial charge in [0, 0.05) is 29.9 Å². The minimum absolute atomic E-state index is 0.149. The van der Waals surface area contributed by atoms with Crippen molar-refractivity contribution in [1.82, 2.24) is 15.5 Å². The van der Waals surface area contributed by atoms with E-state index in [2.05, 4.69) is 20.8 Å². The van der Waals surface area contributed by atoms with Crippen molar-refractivity contribution in [2.75, 3.05) is 11.9 Å². The molecule has 2 N–H and O–H groups in total. The van der Waals surface area contributed by atoms with Gasteiger partial charge < -0.3 is 15.2 Å². The van der Waals surface area contributed by atoms with E-state index in [0.29, 0.717) is 18.0 Å². The zero-order valence-corrected chi connectivity index (χ0v) is 15.3. The summed E-state index contributed by atoms with van der Waals surface area (Å²) in [6.45, 7) is 1.56. The number of benzene rings is 1. The molecular formula is C18H17FN4O3S. The van der Waals surface area contributed by atoms with Gasteiger partial charge in [-0.15, -0.1) is 11.3 Å². The number of anilines is 1. The van der Waals surface area contributed by atoms with E-state index in [-0.39, 0.29) is 30.6 Å². The number of nitrogens with zero attached hydrogens (tertiary/aromatic N) is 2. The molecule has 140 valence electrons. The number of hydrogen-bond acceptors (Lipinski definition) is 6. The van der Waals surface area contributed by atoms with E-state index in [9.17, 15) is 14.0 Å². The summed E-state index contributed by atoms with van der Waals surface area (Å²) in [6.07, 6.45) is 0.675. The minimum atomic E-state index is -0.385. The van der Waals surface area contributed by atoms with Crippen molar-refractivity contribution in [3.63, 3.8) is 0 Å². The van der Waals surface area contributed by atoms with Gasteiger partial charge in [-0.25, -0.2) is 9.37 Å². The third-order valence-electron chi connectivity index (χ3n) is 3.60. The largest absolute Gasteiger partial charge is 0.360 e. The van der Waals surface area contributed by atoms with Crippen LogP contribution < -0.4 is 10.6 Å². The highest BCUT2D eigenvalue weighted by atomic mass is 32.1. The van der Waals surface area contributed by atoms with Gasteiger partial charge in [0.15, 0.2) is 5.82 Å². The second-order valence-electron chi connectivity index (χ2n) is 5.78. The average Bonchev–Trinajstić information content (AvgIpc) is 3.28. The first kappa shape index (κ1) is 18.7. The topological polar surface area (TPSA) is 97.1 Å². The highest BCUT2D eigenvalue weighted by Gasteiger charge is 2.10. The smallest absolute Gasteiger partial charge is 0.245 e. The predicted molar refractivity (Wildman–Crippen MR) is 98.7 cm³/mol. The van der Waals surface area contributed by atoms with Crippen molar-refractivity contribution in [3.8, 4) is 11.3 Å². The predicted octanol–water partition coefficient (Wildman–Crippen LogP) is 2.93. The quantitative estimate of drug-likeness (QED) is 0.649. The van der Waals surface area contributed by atoms with Crippen molar-refractivity contribution >= 4 is 29.0 Å². The molecule has 2 aromatic heterocycles. The Morgan fingerprint density at radius 2 is 2.00 bits per heavy atom. The van der Waals surface area contributed by atoms with Gasteiger partial charge in [0.05, 0.1) is 17.2 Å². The van der Waals surface area contributed by atoms with Gasteiger partial charge in [-0.2, -0.15) is 0 Å². The lowest BCUT2D eigenvalue weighted by atomic mass is 10.2. The summed E-state index contributed by atoms with van der Waals surface area (Å²) < 4.78 is 17.8. The van der Waals surface area contributed by atoms with E-state index in [0.717, 1.165) is 16.3 Å². The lowest BCUT2D eigenvalue weighted by Gasteiger charge is -2.04. The molecule has 0 radical (unpaired) electrons. The van der Waals surface area contributed by atoms with Crippen molar-refractivity contribution in [3.05, 3.63) is 52.3 Å². The SMILES string of the molecule is Cc1cc(NC(=O)CNC(=O)CCc2nc(-c3ccc(F)cc3)cs2)no1. The number of hydrogen-bond donors (Lipinski definition) is 2. The summed E-state index contributed by atoms with van der Waals surface area (Å²) in [5, 5.41) is 11.4. The number of halogens is 1. The summed E-state index contributed by atoms with van der Waals surface area (Å²) in [5.74, 6) is -0.0428. The number of nitrogens with one attached hydrogen (secondary N) is 2. The van der Waals surface area contributed by atoms with Gasteiger partial charge in [0.1, 0.15) is 11.6 Å². The van der Waals surface area contributed by atoms with Gasteiger partial charge in [0.25, 0.3) is 0 Å². The van der Waals surface area contributed by atoms with Crippen molar-refractivity contribution < 1.29 is 18.5 Å². The second-order valence-corrected chi connectivity index (χ2v) is 6.72. The lowest BCUT2D eigenvalue weighted by Crippen LogP contribution is -2.33. The van der Waals surface area contributed by atoms with Crippen LogP contribution in [0.25, 0.3) is 11.3 Å². The summed E-state index contributed by atoms with van der Waals surface area (Å²) in [4.78, 5) is 28.1. The molecule has 9 heteroatoms. The molecule has 2 amide bonds. The highest BCUT2D eigenvalue weighted by Crippen LogP contribution is 2.22. The molecule has 27 heavy (non-hydrogen) atoms. The van der Waals surface area contributed by atoms with E-state index in [1.54, 1.807) is 25.1 Å². The number of thiazole rings is 1. The maximum absolute atomic E-state index is 13.0. The van der Waals surface area contributed by atoms with E-state index < -0.39 is 0 Å². The molecule has 0 unspecified atom stereocenters. The highest BCUT2D eigenvalue weighted by molar-refractivity contribution is 7.09. The average molecular weight is 388 g/mol. The van der Waals surface area contributed by atoms with E-state index in [4.69, 9.17) is 4.52 Å². The number of rotatable bonds is 7. The summed E-state index contributed by atoms with van der Waals surface area (Å²) in [7, 11) is 0. The Morgan fingerprint density at radius 3 is 2.70 bits per heavy atom. The first-order valence-corrected chi connectivity index (χ1v) is 9.08. The Balaban J connectivity index is 1.42. The van der Waals surface area contributed by atoms with Crippen LogP contribution in [0.1, 0.15) is 17.2 Å². The molecule has 0 saturated heterocycles. The molecular weight excluding hydrogens is 371 g/mol. The zero-order chi connectivity index (χ0) is 19.2. The van der Waals surface area contributed by atoms with Gasteiger partial charge in [0.2, 0.25) is 11.8 Å². The zero-order valence-electron chi connectivity index (χ0n) is 14.5. The minimum Gasteiger partial charge on any atom is -0.360 e. The fraction of sp³-hybridized carbons (Fsp3) is 0.222. The second kappa shape index (κ2) is 8.54. The molecule has 3 aromatic rings. The molecule has 0 aliphatic carbocycles. The Labute approximate surface area is 158 Å². The van der Waals surface area contributed by atoms with Gasteiger partial charge in [-0.3, -0.25) is 9.59 Å². The fourth-order valence-electron chi connectivity index (χ4n) is 2.28. The maximum Gasteiger partial charge on any atom is 0.245 e. The van der Waals surface area contributed by atoms with Crippen LogP contribution in [-0.2, 0) is 16.0 Å². The summed E-state index contributed by atoms with van der Waals surface area (Å²) in [5.41, 5.74) is 1.57. The molecule has 0 bridgehead atoms. The van der Waals surface area contributed by atoms with Gasteiger partial charge in [-0.05, 0) is 31.2 Å². The number of aryl methyl sites for hydroxylation is 2. The molecule has 0 atom stereocenters. The van der Waals surface area contributed by atoms with Crippen LogP contribution in [0.15, 0.2) is 40.2 Å². The molecule has 0 spiro atoms. The van der Waals surface area contributed by atoms with Crippen molar-refractivity contribution in [1.29, 1.82) is 0 Å². The van der Waals surface area contributed by atoms with E-state index in [1.807, 2.05) is 5.38 Å². The Morgan fingerprint density at radius 1 is 1.22 bits per heavy atom. The standard InChI is InChI=1S/C18H17FN4O3S/c1-11-8-15(23-26-11)22-17(25)9-20-16(24)6-7-18-21-14(10-27-18)12-2-4-13(19)5-3-12/h2-5,8,10H,6-7,9H2,1H3,(H,20,24)(H,22,23,25). The number of carbonyl (C=O) groups is 2. The molecule has 3 rings (SSSR count). The van der Waals surface area contributed by atoms with Crippen LogP contribution in [0.2, 0.25) is 0 Å².